The summed E-state index contributed by atoms with van der Waals surface area (Å²) in [5.74, 6) is 0.966. The van der Waals surface area contributed by atoms with Gasteiger partial charge in [0.05, 0.1) is 7.11 Å². The standard InChI is InChI=1S/C12H15BrO/c1-14-11-4-2-3-10(7-11)8-12(9-13)5-6-12/h2-4,7H,5-6,8-9H2,1H3. The van der Waals surface area contributed by atoms with E-state index in [1.165, 1.54) is 24.8 Å². The highest BCUT2D eigenvalue weighted by Gasteiger charge is 2.41. The van der Waals surface area contributed by atoms with Crippen molar-refractivity contribution >= 4 is 15.9 Å². The molecule has 0 spiro atoms. The summed E-state index contributed by atoms with van der Waals surface area (Å²) in [6, 6.07) is 8.39. The second-order valence-corrected chi connectivity index (χ2v) is 4.72. The lowest BCUT2D eigenvalue weighted by atomic mass is 9.99. The highest BCUT2D eigenvalue weighted by molar-refractivity contribution is 9.09. The Morgan fingerprint density at radius 3 is 2.79 bits per heavy atom. The lowest BCUT2D eigenvalue weighted by Crippen LogP contribution is -2.06. The fraction of sp³-hybridized carbons (Fsp3) is 0.500. The molecule has 0 saturated heterocycles. The molecule has 0 unspecified atom stereocenters. The first-order chi connectivity index (χ1) is 6.78. The van der Waals surface area contributed by atoms with Gasteiger partial charge in [0.1, 0.15) is 5.75 Å². The van der Waals surface area contributed by atoms with Crippen molar-refractivity contribution in [2.75, 3.05) is 12.4 Å². The van der Waals surface area contributed by atoms with E-state index in [1.807, 2.05) is 6.07 Å². The molecule has 0 atom stereocenters. The summed E-state index contributed by atoms with van der Waals surface area (Å²) in [5, 5.41) is 1.12. The molecule has 1 aromatic carbocycles. The quantitative estimate of drug-likeness (QED) is 0.749. The summed E-state index contributed by atoms with van der Waals surface area (Å²) in [7, 11) is 1.72. The molecule has 1 saturated carbocycles. The number of ether oxygens (including phenoxy) is 1. The highest BCUT2D eigenvalue weighted by Crippen LogP contribution is 2.49. The number of halogens is 1. The van der Waals surface area contributed by atoms with Crippen molar-refractivity contribution in [3.8, 4) is 5.75 Å². The average Bonchev–Trinajstić information content (AvgIpc) is 2.99. The molecular formula is C12H15BrO. The molecule has 1 aromatic rings. The van der Waals surface area contributed by atoms with Gasteiger partial charge in [0.15, 0.2) is 0 Å². The number of benzene rings is 1. The molecular weight excluding hydrogens is 240 g/mol. The number of hydrogen-bond acceptors (Lipinski definition) is 1. The van der Waals surface area contributed by atoms with Crippen molar-refractivity contribution in [1.29, 1.82) is 0 Å². The van der Waals surface area contributed by atoms with Gasteiger partial charge in [0.25, 0.3) is 0 Å². The normalized spacial score (nSPS) is 17.9. The van der Waals surface area contributed by atoms with Gasteiger partial charge >= 0.3 is 0 Å². The fourth-order valence-corrected chi connectivity index (χ4v) is 2.51. The van der Waals surface area contributed by atoms with Crippen LogP contribution in [0.3, 0.4) is 0 Å². The minimum absolute atomic E-state index is 0.548. The minimum atomic E-state index is 0.548. The molecule has 1 fully saturated rings. The van der Waals surface area contributed by atoms with Crippen LogP contribution in [-0.4, -0.2) is 12.4 Å². The molecule has 76 valence electrons. The molecule has 0 N–H and O–H groups in total. The molecule has 1 aliphatic carbocycles. The van der Waals surface area contributed by atoms with Gasteiger partial charge in [-0.25, -0.2) is 0 Å². The Balaban J connectivity index is 2.09. The SMILES string of the molecule is COc1cccc(CC2(CBr)CC2)c1. The zero-order chi connectivity index (χ0) is 10.0. The van der Waals surface area contributed by atoms with Crippen LogP contribution in [0.4, 0.5) is 0 Å². The highest BCUT2D eigenvalue weighted by atomic mass is 79.9. The van der Waals surface area contributed by atoms with Gasteiger partial charge in [-0.1, -0.05) is 28.1 Å². The molecule has 0 bridgehead atoms. The van der Waals surface area contributed by atoms with E-state index in [4.69, 9.17) is 4.74 Å². The molecule has 2 rings (SSSR count). The molecule has 0 aliphatic heterocycles. The molecule has 14 heavy (non-hydrogen) atoms. The lowest BCUT2D eigenvalue weighted by Gasteiger charge is -2.11. The molecule has 2 heteroatoms. The first-order valence-electron chi connectivity index (χ1n) is 4.97. The van der Waals surface area contributed by atoms with E-state index < -0.39 is 0 Å². The van der Waals surface area contributed by atoms with Crippen LogP contribution in [-0.2, 0) is 6.42 Å². The predicted molar refractivity (Wildman–Crippen MR) is 62.2 cm³/mol. The fourth-order valence-electron chi connectivity index (χ4n) is 1.75. The van der Waals surface area contributed by atoms with Crippen molar-refractivity contribution < 1.29 is 4.74 Å². The van der Waals surface area contributed by atoms with Gasteiger partial charge in [-0.3, -0.25) is 0 Å². The van der Waals surface area contributed by atoms with Crippen LogP contribution in [0.1, 0.15) is 18.4 Å². The maximum absolute atomic E-state index is 5.21. The summed E-state index contributed by atoms with van der Waals surface area (Å²) < 4.78 is 5.21. The largest absolute Gasteiger partial charge is 0.497 e. The second-order valence-electron chi connectivity index (χ2n) is 4.16. The Morgan fingerprint density at radius 2 is 2.21 bits per heavy atom. The van der Waals surface area contributed by atoms with Gasteiger partial charge < -0.3 is 4.74 Å². The van der Waals surface area contributed by atoms with Crippen LogP contribution in [0.5, 0.6) is 5.75 Å². The summed E-state index contributed by atoms with van der Waals surface area (Å²) >= 11 is 3.60. The monoisotopic (exact) mass is 254 g/mol. The van der Waals surface area contributed by atoms with Crippen LogP contribution in [0.15, 0.2) is 24.3 Å². The third-order valence-electron chi connectivity index (χ3n) is 2.95. The molecule has 0 heterocycles. The van der Waals surface area contributed by atoms with Gasteiger partial charge in [0.2, 0.25) is 0 Å². The maximum atomic E-state index is 5.21. The van der Waals surface area contributed by atoms with Gasteiger partial charge in [-0.15, -0.1) is 0 Å². The second kappa shape index (κ2) is 3.93. The molecule has 0 aromatic heterocycles. The van der Waals surface area contributed by atoms with Crippen LogP contribution < -0.4 is 4.74 Å². The molecule has 0 radical (unpaired) electrons. The number of alkyl halides is 1. The topological polar surface area (TPSA) is 9.23 Å². The van der Waals surface area contributed by atoms with E-state index >= 15 is 0 Å². The van der Waals surface area contributed by atoms with E-state index in [2.05, 4.69) is 34.1 Å². The van der Waals surface area contributed by atoms with Crippen LogP contribution in [0.25, 0.3) is 0 Å². The van der Waals surface area contributed by atoms with Crippen LogP contribution in [0, 0.1) is 5.41 Å². The maximum Gasteiger partial charge on any atom is 0.119 e. The summed E-state index contributed by atoms with van der Waals surface area (Å²) in [6.45, 7) is 0. The third kappa shape index (κ3) is 2.11. The third-order valence-corrected chi connectivity index (χ3v) is 4.14. The van der Waals surface area contributed by atoms with Gasteiger partial charge in [0, 0.05) is 5.33 Å². The summed E-state index contributed by atoms with van der Waals surface area (Å²) in [6.07, 6.45) is 3.89. The Kier molecular flexibility index (Phi) is 2.82. The number of rotatable bonds is 4. The van der Waals surface area contributed by atoms with E-state index in [0.717, 1.165) is 11.1 Å². The molecule has 1 aliphatic rings. The number of methoxy groups -OCH3 is 1. The first kappa shape index (κ1) is 10.0. The first-order valence-corrected chi connectivity index (χ1v) is 6.09. The van der Waals surface area contributed by atoms with Crippen molar-refractivity contribution in [3.63, 3.8) is 0 Å². The molecule has 0 amide bonds. The van der Waals surface area contributed by atoms with E-state index in [1.54, 1.807) is 7.11 Å². The van der Waals surface area contributed by atoms with Gasteiger partial charge in [-0.05, 0) is 42.4 Å². The lowest BCUT2D eigenvalue weighted by molar-refractivity contribution is 0.413. The van der Waals surface area contributed by atoms with Crippen molar-refractivity contribution in [2.45, 2.75) is 19.3 Å². The Labute approximate surface area is 93.6 Å². The zero-order valence-corrected chi connectivity index (χ0v) is 10.0. The summed E-state index contributed by atoms with van der Waals surface area (Å²) in [5.41, 5.74) is 1.94. The van der Waals surface area contributed by atoms with Crippen molar-refractivity contribution in [3.05, 3.63) is 29.8 Å². The average molecular weight is 255 g/mol. The van der Waals surface area contributed by atoms with E-state index in [9.17, 15) is 0 Å². The Morgan fingerprint density at radius 1 is 1.43 bits per heavy atom. The van der Waals surface area contributed by atoms with Crippen LogP contribution >= 0.6 is 15.9 Å². The summed E-state index contributed by atoms with van der Waals surface area (Å²) in [4.78, 5) is 0. The van der Waals surface area contributed by atoms with E-state index in [-0.39, 0.29) is 0 Å². The van der Waals surface area contributed by atoms with E-state index in [0.29, 0.717) is 5.41 Å². The van der Waals surface area contributed by atoms with Crippen molar-refractivity contribution in [1.82, 2.24) is 0 Å². The number of hydrogen-bond donors (Lipinski definition) is 0. The smallest absolute Gasteiger partial charge is 0.119 e. The Bertz CT molecular complexity index is 318. The van der Waals surface area contributed by atoms with Gasteiger partial charge in [-0.2, -0.15) is 0 Å². The minimum Gasteiger partial charge on any atom is -0.497 e. The predicted octanol–water partition coefficient (Wildman–Crippen LogP) is 3.41. The zero-order valence-electron chi connectivity index (χ0n) is 8.42. The van der Waals surface area contributed by atoms with Crippen molar-refractivity contribution in [2.24, 2.45) is 5.41 Å². The molecule has 1 nitrogen and oxygen atoms in total. The van der Waals surface area contributed by atoms with Crippen LogP contribution in [0.2, 0.25) is 0 Å². The Hall–Kier alpha value is -0.500.